The Hall–Kier alpha value is 0.200. The third-order valence-corrected chi connectivity index (χ3v) is 3.19. The van der Waals surface area contributed by atoms with Crippen LogP contribution in [0.25, 0.3) is 0 Å². The molecule has 0 aromatic heterocycles. The quantitative estimate of drug-likeness (QED) is 0.584. The lowest BCUT2D eigenvalue weighted by Crippen LogP contribution is -2.29. The average Bonchev–Trinajstić information content (AvgIpc) is 2.17. The van der Waals surface area contributed by atoms with Gasteiger partial charge in [0.15, 0.2) is 0 Å². The standard InChI is InChI=1S/C6H11FO2S/c1-3-5(7)6(9)4(2-8)10-3/h3-6,8-9H,2H2,1H3/t3-,4+,5-,6+/m0/s1. The van der Waals surface area contributed by atoms with Gasteiger partial charge in [0.05, 0.1) is 11.9 Å². The van der Waals surface area contributed by atoms with Gasteiger partial charge in [-0.15, -0.1) is 11.8 Å². The van der Waals surface area contributed by atoms with Gasteiger partial charge in [0.25, 0.3) is 0 Å². The number of hydrogen-bond acceptors (Lipinski definition) is 3. The molecule has 1 fully saturated rings. The Balaban J connectivity index is 2.53. The van der Waals surface area contributed by atoms with Gasteiger partial charge in [-0.05, 0) is 0 Å². The molecular formula is C6H11FO2S. The van der Waals surface area contributed by atoms with Crippen molar-refractivity contribution in [1.82, 2.24) is 0 Å². The molecule has 0 spiro atoms. The molecule has 1 aliphatic rings. The molecule has 0 aromatic rings. The van der Waals surface area contributed by atoms with Crippen molar-refractivity contribution in [3.8, 4) is 0 Å². The summed E-state index contributed by atoms with van der Waals surface area (Å²) in [6.07, 6.45) is -2.16. The van der Waals surface area contributed by atoms with Crippen LogP contribution in [0.15, 0.2) is 0 Å². The number of halogens is 1. The summed E-state index contributed by atoms with van der Waals surface area (Å²) in [7, 11) is 0. The number of hydrogen-bond donors (Lipinski definition) is 2. The second kappa shape index (κ2) is 3.07. The van der Waals surface area contributed by atoms with Gasteiger partial charge in [-0.1, -0.05) is 6.92 Å². The molecule has 4 heteroatoms. The molecule has 1 rings (SSSR count). The maximum absolute atomic E-state index is 12.8. The second-order valence-corrected chi connectivity index (χ2v) is 4.12. The summed E-state index contributed by atoms with van der Waals surface area (Å²) in [5.41, 5.74) is 0. The molecule has 0 aromatic carbocycles. The molecule has 0 unspecified atom stereocenters. The van der Waals surface area contributed by atoms with E-state index in [0.29, 0.717) is 0 Å². The van der Waals surface area contributed by atoms with Gasteiger partial charge < -0.3 is 10.2 Å². The molecule has 60 valence electrons. The summed E-state index contributed by atoms with van der Waals surface area (Å²) in [5.74, 6) is 0. The van der Waals surface area contributed by atoms with Gasteiger partial charge in [0.2, 0.25) is 0 Å². The molecule has 2 nitrogen and oxygen atoms in total. The van der Waals surface area contributed by atoms with Crippen molar-refractivity contribution in [2.24, 2.45) is 0 Å². The molecule has 4 atom stereocenters. The van der Waals surface area contributed by atoms with Crippen molar-refractivity contribution >= 4 is 11.8 Å². The summed E-state index contributed by atoms with van der Waals surface area (Å²) in [4.78, 5) is 0. The number of thioether (sulfide) groups is 1. The monoisotopic (exact) mass is 166 g/mol. The Morgan fingerprint density at radius 2 is 2.20 bits per heavy atom. The van der Waals surface area contributed by atoms with Crippen LogP contribution in [0.3, 0.4) is 0 Å². The van der Waals surface area contributed by atoms with E-state index in [2.05, 4.69) is 0 Å². The van der Waals surface area contributed by atoms with Crippen molar-refractivity contribution in [1.29, 1.82) is 0 Å². The summed E-state index contributed by atoms with van der Waals surface area (Å²) in [5, 5.41) is 17.2. The molecule has 0 radical (unpaired) electrons. The first kappa shape index (κ1) is 8.30. The first-order valence-corrected chi connectivity index (χ1v) is 4.19. The van der Waals surface area contributed by atoms with E-state index in [4.69, 9.17) is 10.2 Å². The van der Waals surface area contributed by atoms with E-state index in [-0.39, 0.29) is 17.1 Å². The second-order valence-electron chi connectivity index (χ2n) is 2.50. The lowest BCUT2D eigenvalue weighted by atomic mass is 10.1. The Bertz CT molecular complexity index is 122. The normalized spacial score (nSPS) is 48.0. The van der Waals surface area contributed by atoms with Crippen LogP contribution in [0.1, 0.15) is 6.92 Å². The minimum atomic E-state index is -1.18. The summed E-state index contributed by atoms with van der Waals surface area (Å²) >= 11 is 1.31. The van der Waals surface area contributed by atoms with Crippen molar-refractivity contribution in [3.05, 3.63) is 0 Å². The van der Waals surface area contributed by atoms with Gasteiger partial charge in [0, 0.05) is 5.25 Å². The highest BCUT2D eigenvalue weighted by Crippen LogP contribution is 2.35. The maximum Gasteiger partial charge on any atom is 0.139 e. The number of rotatable bonds is 1. The summed E-state index contributed by atoms with van der Waals surface area (Å²) < 4.78 is 12.8. The van der Waals surface area contributed by atoms with E-state index in [1.54, 1.807) is 6.92 Å². The average molecular weight is 166 g/mol. The number of aliphatic hydroxyl groups is 2. The van der Waals surface area contributed by atoms with Gasteiger partial charge >= 0.3 is 0 Å². The summed E-state index contributed by atoms with van der Waals surface area (Å²) in [6, 6.07) is 0. The zero-order chi connectivity index (χ0) is 7.72. The summed E-state index contributed by atoms with van der Waals surface area (Å²) in [6.45, 7) is 1.57. The van der Waals surface area contributed by atoms with Gasteiger partial charge in [-0.2, -0.15) is 0 Å². The first-order valence-electron chi connectivity index (χ1n) is 3.25. The highest BCUT2D eigenvalue weighted by molar-refractivity contribution is 8.00. The van der Waals surface area contributed by atoms with Crippen LogP contribution in [0.4, 0.5) is 4.39 Å². The molecule has 0 saturated carbocycles. The SMILES string of the molecule is C[C@@H]1S[C@H](CO)[C@@H](O)[C@H]1F. The van der Waals surface area contributed by atoms with E-state index in [0.717, 1.165) is 0 Å². The fourth-order valence-electron chi connectivity index (χ4n) is 1.07. The zero-order valence-electron chi connectivity index (χ0n) is 5.70. The van der Waals surface area contributed by atoms with Gasteiger partial charge in [-0.3, -0.25) is 0 Å². The molecule has 1 aliphatic heterocycles. The van der Waals surface area contributed by atoms with Crippen LogP contribution >= 0.6 is 11.8 Å². The Kier molecular flexibility index (Phi) is 2.55. The largest absolute Gasteiger partial charge is 0.395 e. The van der Waals surface area contributed by atoms with Crippen LogP contribution in [-0.4, -0.2) is 39.6 Å². The molecule has 0 bridgehead atoms. The highest BCUT2D eigenvalue weighted by Gasteiger charge is 2.40. The van der Waals surface area contributed by atoms with E-state index in [9.17, 15) is 4.39 Å². The van der Waals surface area contributed by atoms with Crippen molar-refractivity contribution in [2.45, 2.75) is 29.7 Å². The lowest BCUT2D eigenvalue weighted by molar-refractivity contribution is 0.0733. The van der Waals surface area contributed by atoms with Crippen LogP contribution < -0.4 is 0 Å². The highest BCUT2D eigenvalue weighted by atomic mass is 32.2. The predicted octanol–water partition coefficient (Wildman–Crippen LogP) is 0.182. The molecule has 1 saturated heterocycles. The molecule has 0 amide bonds. The predicted molar refractivity (Wildman–Crippen MR) is 38.8 cm³/mol. The van der Waals surface area contributed by atoms with Gasteiger partial charge in [-0.25, -0.2) is 4.39 Å². The minimum Gasteiger partial charge on any atom is -0.395 e. The fraction of sp³-hybridized carbons (Fsp3) is 1.00. The number of alkyl halides is 1. The van der Waals surface area contributed by atoms with Crippen LogP contribution in [-0.2, 0) is 0 Å². The van der Waals surface area contributed by atoms with Gasteiger partial charge in [0.1, 0.15) is 12.3 Å². The third kappa shape index (κ3) is 1.28. The van der Waals surface area contributed by atoms with E-state index in [1.807, 2.05) is 0 Å². The minimum absolute atomic E-state index is 0.142. The van der Waals surface area contributed by atoms with Crippen LogP contribution in [0.5, 0.6) is 0 Å². The number of aliphatic hydroxyl groups excluding tert-OH is 2. The zero-order valence-corrected chi connectivity index (χ0v) is 6.51. The smallest absolute Gasteiger partial charge is 0.139 e. The fourth-order valence-corrected chi connectivity index (χ4v) is 2.32. The van der Waals surface area contributed by atoms with Crippen molar-refractivity contribution in [2.75, 3.05) is 6.61 Å². The molecule has 0 aliphatic carbocycles. The Labute approximate surface area is 63.4 Å². The first-order chi connectivity index (χ1) is 4.66. The topological polar surface area (TPSA) is 40.5 Å². The molecule has 10 heavy (non-hydrogen) atoms. The molecular weight excluding hydrogens is 155 g/mol. The van der Waals surface area contributed by atoms with Crippen molar-refractivity contribution in [3.63, 3.8) is 0 Å². The van der Waals surface area contributed by atoms with Crippen LogP contribution in [0, 0.1) is 0 Å². The third-order valence-electron chi connectivity index (χ3n) is 1.73. The molecule has 2 N–H and O–H groups in total. The maximum atomic E-state index is 12.8. The van der Waals surface area contributed by atoms with E-state index < -0.39 is 12.3 Å². The lowest BCUT2D eigenvalue weighted by Gasteiger charge is -2.09. The molecule has 1 heterocycles. The van der Waals surface area contributed by atoms with Crippen LogP contribution in [0.2, 0.25) is 0 Å². The van der Waals surface area contributed by atoms with Crippen molar-refractivity contribution < 1.29 is 14.6 Å². The van der Waals surface area contributed by atoms with E-state index in [1.165, 1.54) is 11.8 Å². The Morgan fingerprint density at radius 1 is 1.60 bits per heavy atom. The van der Waals surface area contributed by atoms with E-state index >= 15 is 0 Å². The Morgan fingerprint density at radius 3 is 2.40 bits per heavy atom.